The Hall–Kier alpha value is -1.21. The Labute approximate surface area is 124 Å². The van der Waals surface area contributed by atoms with Crippen molar-refractivity contribution in [2.75, 3.05) is 13.2 Å². The molecule has 7 heteroatoms. The molecule has 1 aromatic carbocycles. The van der Waals surface area contributed by atoms with Gasteiger partial charge in [-0.15, -0.1) is 0 Å². The Morgan fingerprint density at radius 1 is 1.45 bits per heavy atom. The van der Waals surface area contributed by atoms with E-state index >= 15 is 0 Å². The molecule has 0 saturated heterocycles. The summed E-state index contributed by atoms with van der Waals surface area (Å²) in [6.45, 7) is -0.0627. The Morgan fingerprint density at radius 2 is 2.20 bits per heavy atom. The minimum absolute atomic E-state index is 0.117. The molecule has 4 nitrogen and oxygen atoms in total. The Morgan fingerprint density at radius 3 is 2.85 bits per heavy atom. The fraction of sp³-hybridized carbons (Fsp3) is 0.462. The second-order valence-corrected chi connectivity index (χ2v) is 4.78. The van der Waals surface area contributed by atoms with E-state index < -0.39 is 6.61 Å². The maximum absolute atomic E-state index is 12.3. The molecule has 1 aromatic rings. The molecule has 0 spiro atoms. The van der Waals surface area contributed by atoms with Crippen LogP contribution in [0.1, 0.15) is 18.9 Å². The Balaban J connectivity index is 2.49. The predicted molar refractivity (Wildman–Crippen MR) is 73.7 cm³/mol. The van der Waals surface area contributed by atoms with E-state index in [2.05, 4.69) is 26.0 Å². The van der Waals surface area contributed by atoms with Crippen molar-refractivity contribution < 1.29 is 23.0 Å². The lowest BCUT2D eigenvalue weighted by Gasteiger charge is -2.12. The van der Waals surface area contributed by atoms with Crippen LogP contribution in [0, 0.1) is 0 Å². The molecule has 0 heterocycles. The first-order valence-corrected chi connectivity index (χ1v) is 6.91. The topological polar surface area (TPSA) is 47.6 Å². The quantitative estimate of drug-likeness (QED) is 0.577. The van der Waals surface area contributed by atoms with Crippen molar-refractivity contribution >= 4 is 21.9 Å². The van der Waals surface area contributed by atoms with E-state index in [0.29, 0.717) is 25.3 Å². The zero-order valence-electron chi connectivity index (χ0n) is 11.0. The number of nitrogens with one attached hydrogen (secondary N) is 1. The van der Waals surface area contributed by atoms with E-state index in [9.17, 15) is 13.6 Å². The third-order valence-electron chi connectivity index (χ3n) is 2.37. The van der Waals surface area contributed by atoms with Gasteiger partial charge in [-0.2, -0.15) is 8.78 Å². The number of hydrogen-bond acceptors (Lipinski definition) is 4. The summed E-state index contributed by atoms with van der Waals surface area (Å²) in [7, 11) is 0. The van der Waals surface area contributed by atoms with Gasteiger partial charge in [0.05, 0.1) is 13.0 Å². The van der Waals surface area contributed by atoms with Crippen LogP contribution < -0.4 is 10.1 Å². The molecule has 0 unspecified atom stereocenters. The lowest BCUT2D eigenvalue weighted by molar-refractivity contribution is -0.142. The number of carbonyl (C=O) groups excluding carboxylic acids is 1. The van der Waals surface area contributed by atoms with Crippen molar-refractivity contribution in [2.45, 2.75) is 26.5 Å². The largest absolute Gasteiger partial charge is 0.466 e. The van der Waals surface area contributed by atoms with Crippen LogP contribution in [-0.2, 0) is 16.1 Å². The molecule has 0 saturated carbocycles. The molecule has 1 N–H and O–H groups in total. The summed E-state index contributed by atoms with van der Waals surface area (Å²) in [4.78, 5) is 11.1. The van der Waals surface area contributed by atoms with Crippen molar-refractivity contribution in [1.82, 2.24) is 5.32 Å². The van der Waals surface area contributed by atoms with E-state index in [0.717, 1.165) is 4.47 Å². The highest BCUT2D eigenvalue weighted by Crippen LogP contribution is 2.24. The monoisotopic (exact) mass is 351 g/mol. The molecule has 0 bridgehead atoms. The summed E-state index contributed by atoms with van der Waals surface area (Å²) < 4.78 is 34.5. The minimum atomic E-state index is -2.87. The fourth-order valence-corrected chi connectivity index (χ4v) is 1.95. The molecular formula is C13H16BrF2NO3. The molecule has 1 rings (SSSR count). The van der Waals surface area contributed by atoms with Gasteiger partial charge in [0, 0.05) is 23.1 Å². The van der Waals surface area contributed by atoms with Crippen LogP contribution in [0.25, 0.3) is 0 Å². The summed E-state index contributed by atoms with van der Waals surface area (Å²) >= 11 is 3.27. The zero-order chi connectivity index (χ0) is 15.0. The lowest BCUT2D eigenvalue weighted by Crippen LogP contribution is -2.19. The van der Waals surface area contributed by atoms with Crippen LogP contribution in [0.4, 0.5) is 8.78 Å². The first kappa shape index (κ1) is 16.8. The highest BCUT2D eigenvalue weighted by atomic mass is 79.9. The smallest absolute Gasteiger partial charge is 0.387 e. The number of esters is 1. The molecule has 112 valence electrons. The van der Waals surface area contributed by atoms with Crippen molar-refractivity contribution in [3.8, 4) is 5.75 Å². The Bertz CT molecular complexity index is 444. The van der Waals surface area contributed by atoms with Gasteiger partial charge in [0.25, 0.3) is 0 Å². The summed E-state index contributed by atoms with van der Waals surface area (Å²) in [6.07, 6.45) is 0.229. The van der Waals surface area contributed by atoms with E-state index in [1.54, 1.807) is 19.1 Å². The molecular weight excluding hydrogens is 336 g/mol. The van der Waals surface area contributed by atoms with Crippen molar-refractivity contribution in [1.29, 1.82) is 0 Å². The number of rotatable bonds is 8. The normalized spacial score (nSPS) is 10.7. The molecule has 0 aliphatic carbocycles. The van der Waals surface area contributed by atoms with Gasteiger partial charge in [-0.3, -0.25) is 4.79 Å². The first-order valence-electron chi connectivity index (χ1n) is 6.12. The standard InChI is InChI=1S/C13H16BrF2NO3/c1-2-19-12(18)5-6-17-8-9-7-10(14)3-4-11(9)20-13(15)16/h3-4,7,13,17H,2,5-6,8H2,1H3. The molecule has 0 fully saturated rings. The second kappa shape index (κ2) is 8.86. The molecule has 20 heavy (non-hydrogen) atoms. The van der Waals surface area contributed by atoms with Crippen molar-refractivity contribution in [3.63, 3.8) is 0 Å². The average Bonchev–Trinajstić information content (AvgIpc) is 2.37. The van der Waals surface area contributed by atoms with E-state index in [-0.39, 0.29) is 18.1 Å². The van der Waals surface area contributed by atoms with Gasteiger partial charge in [0.2, 0.25) is 0 Å². The van der Waals surface area contributed by atoms with Crippen molar-refractivity contribution in [2.24, 2.45) is 0 Å². The minimum Gasteiger partial charge on any atom is -0.466 e. The van der Waals surface area contributed by atoms with Gasteiger partial charge < -0.3 is 14.8 Å². The van der Waals surface area contributed by atoms with E-state index in [4.69, 9.17) is 4.74 Å². The maximum Gasteiger partial charge on any atom is 0.387 e. The second-order valence-electron chi connectivity index (χ2n) is 3.86. The van der Waals surface area contributed by atoms with Crippen LogP contribution >= 0.6 is 15.9 Å². The molecule has 0 radical (unpaired) electrons. The SMILES string of the molecule is CCOC(=O)CCNCc1cc(Br)ccc1OC(F)F. The number of alkyl halides is 2. The highest BCUT2D eigenvalue weighted by Gasteiger charge is 2.10. The third-order valence-corrected chi connectivity index (χ3v) is 2.86. The predicted octanol–water partition coefficient (Wildman–Crippen LogP) is 3.09. The van der Waals surface area contributed by atoms with Crippen LogP contribution in [0.5, 0.6) is 5.75 Å². The number of carbonyl (C=O) groups is 1. The zero-order valence-corrected chi connectivity index (χ0v) is 12.6. The molecule has 0 atom stereocenters. The van der Waals surface area contributed by atoms with Crippen LogP contribution in [0.3, 0.4) is 0 Å². The molecule has 0 aromatic heterocycles. The van der Waals surface area contributed by atoms with Crippen LogP contribution in [0.15, 0.2) is 22.7 Å². The van der Waals surface area contributed by atoms with Gasteiger partial charge in [-0.05, 0) is 25.1 Å². The number of benzene rings is 1. The van der Waals surface area contributed by atoms with Gasteiger partial charge >= 0.3 is 12.6 Å². The van der Waals surface area contributed by atoms with Gasteiger partial charge in [0.15, 0.2) is 0 Å². The number of ether oxygens (including phenoxy) is 2. The van der Waals surface area contributed by atoms with E-state index in [1.807, 2.05) is 0 Å². The highest BCUT2D eigenvalue weighted by molar-refractivity contribution is 9.10. The molecule has 0 aliphatic rings. The number of hydrogen-bond donors (Lipinski definition) is 1. The molecule has 0 amide bonds. The third kappa shape index (κ3) is 6.29. The summed E-state index contributed by atoms with van der Waals surface area (Å²) in [5, 5.41) is 2.99. The van der Waals surface area contributed by atoms with Crippen LogP contribution in [-0.4, -0.2) is 25.7 Å². The van der Waals surface area contributed by atoms with Crippen LogP contribution in [0.2, 0.25) is 0 Å². The summed E-state index contributed by atoms with van der Waals surface area (Å²) in [6, 6.07) is 4.79. The van der Waals surface area contributed by atoms with Crippen molar-refractivity contribution in [3.05, 3.63) is 28.2 Å². The summed E-state index contributed by atoms with van der Waals surface area (Å²) in [5.41, 5.74) is 0.587. The van der Waals surface area contributed by atoms with Gasteiger partial charge in [-0.1, -0.05) is 15.9 Å². The average molecular weight is 352 g/mol. The fourth-order valence-electron chi connectivity index (χ4n) is 1.54. The van der Waals surface area contributed by atoms with Gasteiger partial charge in [0.1, 0.15) is 5.75 Å². The van der Waals surface area contributed by atoms with E-state index in [1.165, 1.54) is 6.07 Å². The maximum atomic E-state index is 12.3. The summed E-state index contributed by atoms with van der Waals surface area (Å²) in [5.74, 6) is -0.176. The lowest BCUT2D eigenvalue weighted by atomic mass is 10.2. The first-order chi connectivity index (χ1) is 9.52. The Kier molecular flexibility index (Phi) is 7.46. The van der Waals surface area contributed by atoms with Gasteiger partial charge in [-0.25, -0.2) is 0 Å². The molecule has 0 aliphatic heterocycles. The number of halogens is 3.